The maximum atomic E-state index is 12.4. The Morgan fingerprint density at radius 1 is 1.22 bits per heavy atom. The van der Waals surface area contributed by atoms with Gasteiger partial charge in [0.25, 0.3) is 11.6 Å². The molecule has 0 saturated heterocycles. The van der Waals surface area contributed by atoms with Crippen LogP contribution in [0.4, 0.5) is 5.69 Å². The number of hydrogen-bond acceptors (Lipinski definition) is 5. The molecule has 0 radical (unpaired) electrons. The fraction of sp³-hybridized carbons (Fsp3) is 0.211. The molecule has 0 spiro atoms. The average molecular weight is 365 g/mol. The number of para-hydroxylation sites is 1. The Hall–Kier alpha value is -3.55. The number of aromatic nitrogens is 3. The third-order valence-electron chi connectivity index (χ3n) is 4.15. The smallest absolute Gasteiger partial charge is 0.285 e. The molecule has 0 saturated carbocycles. The van der Waals surface area contributed by atoms with Crippen LogP contribution in [0.1, 0.15) is 32.9 Å². The fourth-order valence-electron chi connectivity index (χ4n) is 2.87. The number of pyridine rings is 1. The lowest BCUT2D eigenvalue weighted by molar-refractivity contribution is -0.385. The van der Waals surface area contributed by atoms with Gasteiger partial charge >= 0.3 is 0 Å². The highest BCUT2D eigenvalue weighted by molar-refractivity contribution is 5.98. The first kappa shape index (κ1) is 18.2. The maximum absolute atomic E-state index is 12.4. The van der Waals surface area contributed by atoms with Crippen LogP contribution in [0.3, 0.4) is 0 Å². The van der Waals surface area contributed by atoms with Crippen LogP contribution < -0.4 is 5.32 Å². The highest BCUT2D eigenvalue weighted by atomic mass is 16.6. The van der Waals surface area contributed by atoms with Crippen molar-refractivity contribution in [2.24, 2.45) is 0 Å². The van der Waals surface area contributed by atoms with Crippen LogP contribution in [0, 0.1) is 30.9 Å². The average Bonchev–Trinajstić information content (AvgIpc) is 2.97. The van der Waals surface area contributed by atoms with Crippen LogP contribution in [0.25, 0.3) is 5.82 Å². The SMILES string of the molecule is Cc1cc(C)n(-c2ccc(CNC(=O)c3cccc(C)c3[N+](=O)[O-])cn2)n1. The summed E-state index contributed by atoms with van der Waals surface area (Å²) in [5.74, 6) is 0.193. The summed E-state index contributed by atoms with van der Waals surface area (Å²) in [5.41, 5.74) is 2.99. The molecule has 1 aromatic carbocycles. The molecule has 1 N–H and O–H groups in total. The van der Waals surface area contributed by atoms with Gasteiger partial charge in [-0.05, 0) is 44.5 Å². The number of amides is 1. The summed E-state index contributed by atoms with van der Waals surface area (Å²) in [5, 5.41) is 18.3. The van der Waals surface area contributed by atoms with Crippen molar-refractivity contribution < 1.29 is 9.72 Å². The number of rotatable bonds is 5. The van der Waals surface area contributed by atoms with Gasteiger partial charge in [0.2, 0.25) is 0 Å². The van der Waals surface area contributed by atoms with Crippen molar-refractivity contribution in [1.82, 2.24) is 20.1 Å². The Kier molecular flexibility index (Phi) is 4.98. The Bertz CT molecular complexity index is 1010. The molecule has 0 fully saturated rings. The van der Waals surface area contributed by atoms with E-state index >= 15 is 0 Å². The minimum absolute atomic E-state index is 0.0484. The molecular formula is C19H19N5O3. The second-order valence-electron chi connectivity index (χ2n) is 6.27. The number of nitro benzene ring substituents is 1. The lowest BCUT2D eigenvalue weighted by atomic mass is 10.1. The molecule has 1 amide bonds. The van der Waals surface area contributed by atoms with Gasteiger partial charge < -0.3 is 5.32 Å². The number of hydrogen-bond donors (Lipinski definition) is 1. The molecule has 0 aliphatic rings. The number of benzene rings is 1. The molecule has 0 bridgehead atoms. The minimum Gasteiger partial charge on any atom is -0.348 e. The topological polar surface area (TPSA) is 103 Å². The van der Waals surface area contributed by atoms with Crippen molar-refractivity contribution in [3.63, 3.8) is 0 Å². The molecule has 2 heterocycles. The fourth-order valence-corrected chi connectivity index (χ4v) is 2.87. The molecule has 8 heteroatoms. The van der Waals surface area contributed by atoms with E-state index in [1.54, 1.807) is 29.9 Å². The first-order chi connectivity index (χ1) is 12.9. The van der Waals surface area contributed by atoms with Gasteiger partial charge in [0.05, 0.1) is 10.6 Å². The first-order valence-electron chi connectivity index (χ1n) is 8.37. The van der Waals surface area contributed by atoms with Crippen molar-refractivity contribution in [3.05, 3.63) is 80.8 Å². The van der Waals surface area contributed by atoms with Crippen LogP contribution in [-0.2, 0) is 6.54 Å². The highest BCUT2D eigenvalue weighted by Crippen LogP contribution is 2.23. The van der Waals surface area contributed by atoms with Gasteiger partial charge in [-0.1, -0.05) is 18.2 Å². The van der Waals surface area contributed by atoms with Crippen LogP contribution in [-0.4, -0.2) is 25.6 Å². The third kappa shape index (κ3) is 3.84. The van der Waals surface area contributed by atoms with E-state index < -0.39 is 10.8 Å². The number of aryl methyl sites for hydroxylation is 3. The standard InChI is InChI=1S/C19H19N5O3/c1-12-5-4-6-16(18(12)24(26)27)19(25)21-11-15-7-8-17(20-10-15)23-14(3)9-13(2)22-23/h4-10H,11H2,1-3H3,(H,21,25). The minimum atomic E-state index is -0.533. The summed E-state index contributed by atoms with van der Waals surface area (Å²) in [4.78, 5) is 27.5. The van der Waals surface area contributed by atoms with Gasteiger partial charge in [0, 0.05) is 24.0 Å². The predicted molar refractivity (Wildman–Crippen MR) is 99.8 cm³/mol. The Balaban J connectivity index is 1.72. The molecule has 0 aliphatic heterocycles. The van der Waals surface area contributed by atoms with Gasteiger partial charge in [0.15, 0.2) is 5.82 Å². The number of nitrogens with one attached hydrogen (secondary N) is 1. The van der Waals surface area contributed by atoms with Crippen LogP contribution in [0.2, 0.25) is 0 Å². The lowest BCUT2D eigenvalue weighted by Gasteiger charge is -2.08. The Morgan fingerprint density at radius 3 is 2.59 bits per heavy atom. The predicted octanol–water partition coefficient (Wildman–Crippen LogP) is 3.03. The first-order valence-corrected chi connectivity index (χ1v) is 8.37. The van der Waals surface area contributed by atoms with Crippen molar-refractivity contribution in [1.29, 1.82) is 0 Å². The largest absolute Gasteiger partial charge is 0.348 e. The Labute approximate surface area is 156 Å². The molecule has 2 aromatic heterocycles. The summed E-state index contributed by atoms with van der Waals surface area (Å²) < 4.78 is 1.74. The summed E-state index contributed by atoms with van der Waals surface area (Å²) in [6.07, 6.45) is 1.65. The molecule has 0 atom stereocenters. The summed E-state index contributed by atoms with van der Waals surface area (Å²) >= 11 is 0. The molecule has 8 nitrogen and oxygen atoms in total. The van der Waals surface area contributed by atoms with E-state index in [1.165, 1.54) is 6.07 Å². The van der Waals surface area contributed by atoms with E-state index in [1.807, 2.05) is 32.0 Å². The quantitative estimate of drug-likeness (QED) is 0.553. The second kappa shape index (κ2) is 7.36. The van der Waals surface area contributed by atoms with Gasteiger partial charge in [-0.25, -0.2) is 9.67 Å². The number of carbonyl (C=O) groups excluding carboxylic acids is 1. The van der Waals surface area contributed by atoms with E-state index in [9.17, 15) is 14.9 Å². The number of nitrogens with zero attached hydrogens (tertiary/aromatic N) is 4. The molecule has 0 aliphatic carbocycles. The zero-order valence-electron chi connectivity index (χ0n) is 15.3. The highest BCUT2D eigenvalue weighted by Gasteiger charge is 2.22. The van der Waals surface area contributed by atoms with Gasteiger partial charge in [0.1, 0.15) is 5.56 Å². The van der Waals surface area contributed by atoms with Crippen molar-refractivity contribution >= 4 is 11.6 Å². The van der Waals surface area contributed by atoms with Gasteiger partial charge in [-0.2, -0.15) is 5.10 Å². The van der Waals surface area contributed by atoms with Gasteiger partial charge in [-0.15, -0.1) is 0 Å². The monoisotopic (exact) mass is 365 g/mol. The normalized spacial score (nSPS) is 10.6. The second-order valence-corrected chi connectivity index (χ2v) is 6.27. The van der Waals surface area contributed by atoms with Crippen molar-refractivity contribution in [2.75, 3.05) is 0 Å². The molecular weight excluding hydrogens is 346 g/mol. The molecule has 3 rings (SSSR count). The van der Waals surface area contributed by atoms with E-state index in [2.05, 4.69) is 15.4 Å². The molecule has 0 unspecified atom stereocenters. The number of nitro groups is 1. The van der Waals surface area contributed by atoms with Crippen LogP contribution in [0.5, 0.6) is 0 Å². The van der Waals surface area contributed by atoms with Crippen molar-refractivity contribution in [3.8, 4) is 5.82 Å². The van der Waals surface area contributed by atoms with Crippen LogP contribution in [0.15, 0.2) is 42.6 Å². The zero-order valence-corrected chi connectivity index (χ0v) is 15.3. The van der Waals surface area contributed by atoms with E-state index in [-0.39, 0.29) is 17.8 Å². The van der Waals surface area contributed by atoms with E-state index in [0.717, 1.165) is 17.0 Å². The Morgan fingerprint density at radius 2 is 2.00 bits per heavy atom. The van der Waals surface area contributed by atoms with Crippen LogP contribution >= 0.6 is 0 Å². The van der Waals surface area contributed by atoms with E-state index in [0.29, 0.717) is 11.4 Å². The van der Waals surface area contributed by atoms with Crippen molar-refractivity contribution in [2.45, 2.75) is 27.3 Å². The molecule has 27 heavy (non-hydrogen) atoms. The summed E-state index contributed by atoms with van der Waals surface area (Å²) in [6.45, 7) is 5.69. The third-order valence-corrected chi connectivity index (χ3v) is 4.15. The van der Waals surface area contributed by atoms with Gasteiger partial charge in [-0.3, -0.25) is 14.9 Å². The number of carbonyl (C=O) groups is 1. The molecule has 3 aromatic rings. The van der Waals surface area contributed by atoms with E-state index in [4.69, 9.17) is 0 Å². The summed E-state index contributed by atoms with van der Waals surface area (Å²) in [7, 11) is 0. The lowest BCUT2D eigenvalue weighted by Crippen LogP contribution is -2.24. The summed E-state index contributed by atoms with van der Waals surface area (Å²) in [6, 6.07) is 10.3. The maximum Gasteiger partial charge on any atom is 0.285 e. The molecule has 138 valence electrons. The zero-order chi connectivity index (χ0) is 19.6.